The van der Waals surface area contributed by atoms with Gasteiger partial charge < -0.3 is 5.73 Å². The standard InChI is InChI=1S/C13H17N3O2S2/c1-16(7-5-12-4-2-3-6-15-12)20(17,18)13-8-11(9-14)10-19-13/h2-4,6,8,10H,5,7,9,14H2,1H3. The van der Waals surface area contributed by atoms with Crippen LogP contribution in [0.15, 0.2) is 40.1 Å². The van der Waals surface area contributed by atoms with E-state index in [1.165, 1.54) is 15.6 Å². The number of sulfonamides is 1. The van der Waals surface area contributed by atoms with E-state index >= 15 is 0 Å². The third-order valence-corrected chi connectivity index (χ3v) is 6.26. The Bertz CT molecular complexity index is 653. The first-order chi connectivity index (χ1) is 9.54. The Hall–Kier alpha value is -1.28. The van der Waals surface area contributed by atoms with Crippen LogP contribution >= 0.6 is 11.3 Å². The van der Waals surface area contributed by atoms with E-state index in [-0.39, 0.29) is 0 Å². The Labute approximate surface area is 123 Å². The third-order valence-electron chi connectivity index (χ3n) is 2.94. The maximum atomic E-state index is 12.4. The molecule has 2 aromatic heterocycles. The number of likely N-dealkylation sites (N-methyl/N-ethyl adjacent to an activating group) is 1. The number of nitrogens with two attached hydrogens (primary N) is 1. The molecule has 7 heteroatoms. The first-order valence-electron chi connectivity index (χ1n) is 6.18. The minimum Gasteiger partial charge on any atom is -0.326 e. The van der Waals surface area contributed by atoms with Crippen molar-refractivity contribution < 1.29 is 8.42 Å². The molecule has 2 heterocycles. The predicted octanol–water partition coefficient (Wildman–Crippen LogP) is 1.47. The fourth-order valence-electron chi connectivity index (χ4n) is 1.69. The summed E-state index contributed by atoms with van der Waals surface area (Å²) in [6.45, 7) is 0.749. The summed E-state index contributed by atoms with van der Waals surface area (Å²) in [7, 11) is -1.85. The van der Waals surface area contributed by atoms with Gasteiger partial charge in [-0.1, -0.05) is 6.07 Å². The van der Waals surface area contributed by atoms with Gasteiger partial charge in [-0.15, -0.1) is 11.3 Å². The zero-order valence-corrected chi connectivity index (χ0v) is 12.8. The highest BCUT2D eigenvalue weighted by molar-refractivity contribution is 7.91. The second-order valence-electron chi connectivity index (χ2n) is 4.38. The number of nitrogens with zero attached hydrogens (tertiary/aromatic N) is 2. The zero-order chi connectivity index (χ0) is 14.6. The molecule has 2 aromatic rings. The summed E-state index contributed by atoms with van der Waals surface area (Å²) >= 11 is 1.21. The number of aromatic nitrogens is 1. The topological polar surface area (TPSA) is 76.3 Å². The van der Waals surface area contributed by atoms with Gasteiger partial charge in [0.1, 0.15) is 4.21 Å². The van der Waals surface area contributed by atoms with E-state index in [9.17, 15) is 8.42 Å². The summed E-state index contributed by atoms with van der Waals surface area (Å²) in [4.78, 5) is 4.19. The largest absolute Gasteiger partial charge is 0.326 e. The van der Waals surface area contributed by atoms with Gasteiger partial charge in [0.15, 0.2) is 0 Å². The van der Waals surface area contributed by atoms with Crippen LogP contribution in [0.4, 0.5) is 0 Å². The molecule has 0 saturated carbocycles. The smallest absolute Gasteiger partial charge is 0.252 e. The van der Waals surface area contributed by atoms with Crippen LogP contribution < -0.4 is 5.73 Å². The molecule has 0 spiro atoms. The van der Waals surface area contributed by atoms with Crippen molar-refractivity contribution in [2.75, 3.05) is 13.6 Å². The van der Waals surface area contributed by atoms with Crippen molar-refractivity contribution in [1.82, 2.24) is 9.29 Å². The van der Waals surface area contributed by atoms with Crippen molar-refractivity contribution in [3.63, 3.8) is 0 Å². The summed E-state index contributed by atoms with van der Waals surface area (Å²) in [5.74, 6) is 0. The van der Waals surface area contributed by atoms with Crippen LogP contribution in [0.1, 0.15) is 11.3 Å². The molecule has 0 fully saturated rings. The van der Waals surface area contributed by atoms with Crippen molar-refractivity contribution >= 4 is 21.4 Å². The van der Waals surface area contributed by atoms with Gasteiger partial charge in [-0.2, -0.15) is 4.31 Å². The molecule has 20 heavy (non-hydrogen) atoms. The average Bonchev–Trinajstić information content (AvgIpc) is 2.95. The van der Waals surface area contributed by atoms with Crippen LogP contribution in [0.3, 0.4) is 0 Å². The lowest BCUT2D eigenvalue weighted by Crippen LogP contribution is -2.28. The van der Waals surface area contributed by atoms with Gasteiger partial charge in [0.25, 0.3) is 10.0 Å². The van der Waals surface area contributed by atoms with Crippen LogP contribution in [0, 0.1) is 0 Å². The molecular formula is C13H17N3O2S2. The third kappa shape index (κ3) is 3.43. The molecule has 0 aromatic carbocycles. The number of hydrogen-bond donors (Lipinski definition) is 1. The van der Waals surface area contributed by atoms with Gasteiger partial charge in [-0.25, -0.2) is 8.42 Å². The molecule has 108 valence electrons. The zero-order valence-electron chi connectivity index (χ0n) is 11.2. The maximum absolute atomic E-state index is 12.4. The second-order valence-corrected chi connectivity index (χ2v) is 7.56. The van der Waals surface area contributed by atoms with Crippen LogP contribution in [0.2, 0.25) is 0 Å². The minimum atomic E-state index is -3.43. The van der Waals surface area contributed by atoms with E-state index in [4.69, 9.17) is 5.73 Å². The lowest BCUT2D eigenvalue weighted by molar-refractivity contribution is 0.472. The lowest BCUT2D eigenvalue weighted by atomic mass is 10.3. The van der Waals surface area contributed by atoms with E-state index in [2.05, 4.69) is 4.98 Å². The van der Waals surface area contributed by atoms with E-state index in [0.717, 1.165) is 11.3 Å². The molecule has 0 aliphatic rings. The summed E-state index contributed by atoms with van der Waals surface area (Å²) in [6.07, 6.45) is 2.29. The quantitative estimate of drug-likeness (QED) is 0.876. The monoisotopic (exact) mass is 311 g/mol. The number of pyridine rings is 1. The summed E-state index contributed by atoms with van der Waals surface area (Å²) in [5.41, 5.74) is 7.22. The average molecular weight is 311 g/mol. The maximum Gasteiger partial charge on any atom is 0.252 e. The van der Waals surface area contributed by atoms with E-state index in [1.54, 1.807) is 24.7 Å². The molecule has 0 atom stereocenters. The summed E-state index contributed by atoms with van der Waals surface area (Å²) in [5, 5.41) is 1.78. The first-order valence-corrected chi connectivity index (χ1v) is 8.49. The van der Waals surface area contributed by atoms with Crippen LogP contribution in [0.5, 0.6) is 0 Å². The molecular weight excluding hydrogens is 294 g/mol. The van der Waals surface area contributed by atoms with Gasteiger partial charge in [0, 0.05) is 38.4 Å². The highest BCUT2D eigenvalue weighted by atomic mass is 32.2. The van der Waals surface area contributed by atoms with Crippen molar-refractivity contribution in [3.8, 4) is 0 Å². The number of thiophene rings is 1. The van der Waals surface area contributed by atoms with Crippen LogP contribution in [-0.2, 0) is 23.0 Å². The van der Waals surface area contributed by atoms with Crippen molar-refractivity contribution in [1.29, 1.82) is 0 Å². The fourth-order valence-corrected chi connectivity index (χ4v) is 4.29. The van der Waals surface area contributed by atoms with Gasteiger partial charge in [0.05, 0.1) is 0 Å². The molecule has 2 rings (SSSR count). The predicted molar refractivity (Wildman–Crippen MR) is 80.0 cm³/mol. The molecule has 0 aliphatic carbocycles. The van der Waals surface area contributed by atoms with Gasteiger partial charge >= 0.3 is 0 Å². The molecule has 0 amide bonds. The van der Waals surface area contributed by atoms with Crippen molar-refractivity contribution in [3.05, 3.63) is 47.1 Å². The van der Waals surface area contributed by atoms with Crippen molar-refractivity contribution in [2.45, 2.75) is 17.2 Å². The van der Waals surface area contributed by atoms with E-state index in [1.807, 2.05) is 18.2 Å². The van der Waals surface area contributed by atoms with Crippen LogP contribution in [0.25, 0.3) is 0 Å². The van der Waals surface area contributed by atoms with E-state index in [0.29, 0.717) is 23.7 Å². The highest BCUT2D eigenvalue weighted by Gasteiger charge is 2.22. The van der Waals surface area contributed by atoms with E-state index < -0.39 is 10.0 Å². The van der Waals surface area contributed by atoms with Gasteiger partial charge in [-0.05, 0) is 29.1 Å². The minimum absolute atomic E-state index is 0.335. The molecule has 0 aliphatic heterocycles. The molecule has 2 N–H and O–H groups in total. The van der Waals surface area contributed by atoms with Gasteiger partial charge in [0.2, 0.25) is 0 Å². The van der Waals surface area contributed by atoms with Gasteiger partial charge in [-0.3, -0.25) is 4.98 Å². The highest BCUT2D eigenvalue weighted by Crippen LogP contribution is 2.23. The number of hydrogen-bond acceptors (Lipinski definition) is 5. The Morgan fingerprint density at radius 3 is 2.80 bits per heavy atom. The molecule has 0 radical (unpaired) electrons. The molecule has 0 saturated heterocycles. The summed E-state index contributed by atoms with van der Waals surface area (Å²) in [6, 6.07) is 7.25. The van der Waals surface area contributed by atoms with Crippen molar-refractivity contribution in [2.24, 2.45) is 5.73 Å². The Morgan fingerprint density at radius 2 is 2.20 bits per heavy atom. The molecule has 0 bridgehead atoms. The lowest BCUT2D eigenvalue weighted by Gasteiger charge is -2.15. The van der Waals surface area contributed by atoms with Crippen LogP contribution in [-0.4, -0.2) is 31.3 Å². The Kier molecular flexibility index (Phi) is 4.87. The fraction of sp³-hybridized carbons (Fsp3) is 0.308. The Morgan fingerprint density at radius 1 is 1.40 bits per heavy atom. The normalized spacial score (nSPS) is 11.9. The summed E-state index contributed by atoms with van der Waals surface area (Å²) < 4.78 is 26.4. The Balaban J connectivity index is 2.05. The number of rotatable bonds is 6. The second kappa shape index (κ2) is 6.45. The SMILES string of the molecule is CN(CCc1ccccn1)S(=O)(=O)c1cc(CN)cs1. The molecule has 0 unspecified atom stereocenters. The first kappa shape index (κ1) is 15.1. The molecule has 5 nitrogen and oxygen atoms in total.